The highest BCUT2D eigenvalue weighted by molar-refractivity contribution is 6.00. The first-order valence-electron chi connectivity index (χ1n) is 10.8. The zero-order valence-electron chi connectivity index (χ0n) is 18.9. The van der Waals surface area contributed by atoms with E-state index in [0.29, 0.717) is 23.0 Å². The molecule has 11 nitrogen and oxygen atoms in total. The minimum Gasteiger partial charge on any atom is -0.394 e. The Morgan fingerprint density at radius 3 is 2.55 bits per heavy atom. The number of aliphatic hydroxyl groups excluding tert-OH is 1. The Morgan fingerprint density at radius 1 is 1.21 bits per heavy atom. The number of hydrogen-bond donors (Lipinski definition) is 6. The zero-order chi connectivity index (χ0) is 23.8. The second kappa shape index (κ2) is 11.3. The maximum absolute atomic E-state index is 13.3. The molecule has 0 bridgehead atoms. The second-order valence-electron chi connectivity index (χ2n) is 7.82. The van der Waals surface area contributed by atoms with Crippen LogP contribution in [0.4, 0.5) is 11.4 Å². The molecule has 2 unspecified atom stereocenters. The number of carbonyl (C=O) groups is 2. The van der Waals surface area contributed by atoms with E-state index in [-0.39, 0.29) is 18.2 Å². The van der Waals surface area contributed by atoms with E-state index in [1.807, 2.05) is 12.1 Å². The van der Waals surface area contributed by atoms with Crippen molar-refractivity contribution in [3.8, 4) is 0 Å². The lowest BCUT2D eigenvalue weighted by Crippen LogP contribution is -2.51. The summed E-state index contributed by atoms with van der Waals surface area (Å²) in [4.78, 5) is 38.6. The van der Waals surface area contributed by atoms with Crippen LogP contribution < -0.4 is 26.6 Å². The molecule has 2 aromatic heterocycles. The van der Waals surface area contributed by atoms with E-state index in [9.17, 15) is 14.7 Å². The molecule has 0 spiro atoms. The average molecular weight is 455 g/mol. The molecule has 11 heteroatoms. The van der Waals surface area contributed by atoms with Gasteiger partial charge in [-0.15, -0.1) is 0 Å². The van der Waals surface area contributed by atoms with Gasteiger partial charge in [-0.2, -0.15) is 0 Å². The highest BCUT2D eigenvalue weighted by atomic mass is 16.3. The third-order valence-electron chi connectivity index (χ3n) is 5.05. The molecule has 1 saturated carbocycles. The average Bonchev–Trinajstić information content (AvgIpc) is 3.66. The van der Waals surface area contributed by atoms with Crippen LogP contribution in [0.15, 0.2) is 42.8 Å². The molecule has 1 aliphatic rings. The fourth-order valence-corrected chi connectivity index (χ4v) is 3.21. The van der Waals surface area contributed by atoms with Crippen molar-refractivity contribution in [1.82, 2.24) is 36.2 Å². The van der Waals surface area contributed by atoms with E-state index in [1.54, 1.807) is 33.4 Å². The highest BCUT2D eigenvalue weighted by Gasteiger charge is 2.29. The van der Waals surface area contributed by atoms with Crippen LogP contribution in [0.5, 0.6) is 0 Å². The Balaban J connectivity index is 1.87. The minimum absolute atomic E-state index is 0.198. The third kappa shape index (κ3) is 6.46. The number of hydrogen-bond acceptors (Lipinski definition) is 9. The van der Waals surface area contributed by atoms with Crippen molar-refractivity contribution in [1.29, 1.82) is 0 Å². The summed E-state index contributed by atoms with van der Waals surface area (Å²) < 4.78 is 0. The normalized spacial score (nSPS) is 15.3. The fraction of sp³-hybridized carbons (Fsp3) is 0.409. The Labute approximate surface area is 192 Å². The summed E-state index contributed by atoms with van der Waals surface area (Å²) in [6.07, 6.45) is 8.24. The highest BCUT2D eigenvalue weighted by Crippen LogP contribution is 2.39. The van der Waals surface area contributed by atoms with Crippen molar-refractivity contribution in [3.63, 3.8) is 0 Å². The molecule has 1 aliphatic carbocycles. The van der Waals surface area contributed by atoms with E-state index < -0.39 is 18.0 Å². The largest absolute Gasteiger partial charge is 0.394 e. The quantitative estimate of drug-likeness (QED) is 0.283. The predicted octanol–water partition coefficient (Wildman–Crippen LogP) is 0.368. The van der Waals surface area contributed by atoms with E-state index in [1.165, 1.54) is 12.5 Å². The Kier molecular flexibility index (Phi) is 8.28. The number of carbonyl (C=O) groups excluding carboxylic acids is 2. The van der Waals surface area contributed by atoms with Crippen LogP contribution in [-0.2, 0) is 4.79 Å². The Morgan fingerprint density at radius 2 is 1.94 bits per heavy atom. The summed E-state index contributed by atoms with van der Waals surface area (Å²) in [6.45, 7) is 1.49. The molecule has 176 valence electrons. The van der Waals surface area contributed by atoms with Gasteiger partial charge in [-0.05, 0) is 38.9 Å². The fourth-order valence-electron chi connectivity index (χ4n) is 3.21. The van der Waals surface area contributed by atoms with Crippen molar-refractivity contribution < 1.29 is 14.7 Å². The van der Waals surface area contributed by atoms with Gasteiger partial charge in [0.05, 0.1) is 36.1 Å². The molecular weight excluding hydrogens is 424 g/mol. The van der Waals surface area contributed by atoms with E-state index in [4.69, 9.17) is 0 Å². The van der Waals surface area contributed by atoms with Crippen molar-refractivity contribution in [2.75, 3.05) is 26.0 Å². The van der Waals surface area contributed by atoms with Crippen LogP contribution in [0.1, 0.15) is 41.9 Å². The summed E-state index contributed by atoms with van der Waals surface area (Å²) in [5.41, 5.74) is 2.47. The first-order chi connectivity index (χ1) is 16.0. The van der Waals surface area contributed by atoms with Gasteiger partial charge in [0.25, 0.3) is 5.91 Å². The Hall–Kier alpha value is -3.57. The number of likely N-dealkylation sites (N-methyl/N-ethyl adjacent to an activating group) is 1. The smallest absolute Gasteiger partial charge is 0.276 e. The van der Waals surface area contributed by atoms with Crippen LogP contribution >= 0.6 is 0 Å². The summed E-state index contributed by atoms with van der Waals surface area (Å²) in [7, 11) is 3.28. The van der Waals surface area contributed by atoms with Gasteiger partial charge in [0.15, 0.2) is 5.69 Å². The van der Waals surface area contributed by atoms with Crippen LogP contribution in [-0.4, -0.2) is 64.7 Å². The predicted molar refractivity (Wildman–Crippen MR) is 124 cm³/mol. The lowest BCUT2D eigenvalue weighted by atomic mass is 10.1. The first-order valence-corrected chi connectivity index (χ1v) is 10.8. The van der Waals surface area contributed by atoms with Crippen LogP contribution in [0.2, 0.25) is 0 Å². The van der Waals surface area contributed by atoms with Crippen LogP contribution in [0, 0.1) is 0 Å². The Bertz CT molecular complexity index is 994. The van der Waals surface area contributed by atoms with Crippen LogP contribution in [0.3, 0.4) is 0 Å². The monoisotopic (exact) mass is 454 g/mol. The molecule has 33 heavy (non-hydrogen) atoms. The molecule has 3 rings (SSSR count). The molecular formula is C22H30N8O3. The number of pyridine rings is 1. The van der Waals surface area contributed by atoms with Crippen molar-refractivity contribution in [2.45, 2.75) is 37.8 Å². The maximum atomic E-state index is 13.3. The topological polar surface area (TPSA) is 153 Å². The van der Waals surface area contributed by atoms with E-state index in [0.717, 1.165) is 18.5 Å². The first kappa shape index (κ1) is 24.1. The number of rotatable bonds is 11. The lowest BCUT2D eigenvalue weighted by Gasteiger charge is -2.22. The summed E-state index contributed by atoms with van der Waals surface area (Å²) in [6, 6.07) is 2.43. The van der Waals surface area contributed by atoms with Gasteiger partial charge in [-0.3, -0.25) is 9.59 Å². The SMILES string of the molecule is CN/C=C(/NC(=O)c1nc(C2CC2)ccc1Nc1cncnc1)C(NC)C(=O)NC(C)CO. The van der Waals surface area contributed by atoms with Crippen LogP contribution in [0.25, 0.3) is 0 Å². The molecule has 2 amide bonds. The second-order valence-corrected chi connectivity index (χ2v) is 7.82. The number of anilines is 2. The number of amides is 2. The van der Waals surface area contributed by atoms with Gasteiger partial charge in [0.2, 0.25) is 5.91 Å². The van der Waals surface area contributed by atoms with E-state index >= 15 is 0 Å². The molecule has 0 saturated heterocycles. The van der Waals surface area contributed by atoms with Crippen molar-refractivity contribution in [2.24, 2.45) is 0 Å². The molecule has 1 fully saturated rings. The molecule has 2 atom stereocenters. The van der Waals surface area contributed by atoms with E-state index in [2.05, 4.69) is 41.5 Å². The number of nitrogens with zero attached hydrogens (tertiary/aromatic N) is 3. The summed E-state index contributed by atoms with van der Waals surface area (Å²) in [5, 5.41) is 23.6. The standard InChI is InChI=1S/C22H30N8O3/c1-13(11-31)27-21(32)19(24-3)18(10-23-2)30-22(33)20-17(28-15-8-25-12-26-9-15)7-6-16(29-20)14-4-5-14/h6-10,12-14,19,23-24,28,31H,4-5,11H2,1-3H3,(H,27,32)(H,30,33)/b18-10+. The molecule has 0 aliphatic heterocycles. The molecule has 0 radical (unpaired) electrons. The molecule has 2 heterocycles. The van der Waals surface area contributed by atoms with Gasteiger partial charge in [0.1, 0.15) is 12.4 Å². The zero-order valence-corrected chi connectivity index (χ0v) is 18.9. The number of aliphatic hydroxyl groups is 1. The number of aromatic nitrogens is 3. The molecule has 0 aromatic carbocycles. The summed E-state index contributed by atoms with van der Waals surface area (Å²) in [5.74, 6) is -0.504. The van der Waals surface area contributed by atoms with Crippen molar-refractivity contribution >= 4 is 23.2 Å². The third-order valence-corrected chi connectivity index (χ3v) is 5.05. The van der Waals surface area contributed by atoms with Crippen molar-refractivity contribution in [3.05, 3.63) is 54.1 Å². The lowest BCUT2D eigenvalue weighted by molar-refractivity contribution is -0.123. The summed E-state index contributed by atoms with van der Waals surface area (Å²) >= 11 is 0. The van der Waals surface area contributed by atoms with Gasteiger partial charge >= 0.3 is 0 Å². The number of nitrogens with one attached hydrogen (secondary N) is 5. The maximum Gasteiger partial charge on any atom is 0.276 e. The molecule has 6 N–H and O–H groups in total. The molecule has 2 aromatic rings. The van der Waals surface area contributed by atoms with Gasteiger partial charge in [0, 0.05) is 30.9 Å². The van der Waals surface area contributed by atoms with Gasteiger partial charge in [-0.25, -0.2) is 15.0 Å². The van der Waals surface area contributed by atoms with Gasteiger partial charge < -0.3 is 31.7 Å². The van der Waals surface area contributed by atoms with Gasteiger partial charge in [-0.1, -0.05) is 0 Å². The minimum atomic E-state index is -0.860.